The average Bonchev–Trinajstić information content (AvgIpc) is 3.71. The number of fused-ring (bicyclic) bond motifs is 3. The maximum Gasteiger partial charge on any atom is 0.263 e. The number of nitrogens with zero attached hydrogens (tertiary/aromatic N) is 4. The monoisotopic (exact) mass is 656 g/mol. The van der Waals surface area contributed by atoms with E-state index >= 15 is 0 Å². The molecular weight excluding hydrogens is 620 g/mol. The van der Waals surface area contributed by atoms with E-state index in [1.807, 2.05) is 44.2 Å². The van der Waals surface area contributed by atoms with Gasteiger partial charge in [-0.25, -0.2) is 9.97 Å². The fraction of sp³-hybridized carbons (Fsp3) is 0.289. The van der Waals surface area contributed by atoms with Crippen LogP contribution in [0.4, 0.5) is 17.2 Å². The van der Waals surface area contributed by atoms with Crippen LogP contribution >= 0.6 is 0 Å². The number of imidazole rings is 1. The van der Waals surface area contributed by atoms with Gasteiger partial charge in [-0.1, -0.05) is 12.1 Å². The van der Waals surface area contributed by atoms with Crippen molar-refractivity contribution in [1.82, 2.24) is 15.0 Å². The molecule has 5 aromatic rings. The number of rotatable bonds is 6. The number of aromatic nitrogens is 3. The highest BCUT2D eigenvalue weighted by Crippen LogP contribution is 2.43. The molecule has 49 heavy (non-hydrogen) atoms. The van der Waals surface area contributed by atoms with E-state index in [4.69, 9.17) is 9.15 Å². The second-order valence-corrected chi connectivity index (χ2v) is 13.3. The maximum absolute atomic E-state index is 14.0. The Labute approximate surface area is 283 Å². The number of furan rings is 1. The minimum absolute atomic E-state index is 0.178. The first-order chi connectivity index (χ1) is 23.8. The number of aryl methyl sites for hydroxylation is 2. The number of pyridine rings is 1. The first-order valence-corrected chi connectivity index (χ1v) is 16.6. The molecule has 3 aliphatic rings. The van der Waals surface area contributed by atoms with Crippen LogP contribution in [0.15, 0.2) is 77.5 Å². The number of ether oxygens (including phenoxy) is 1. The fourth-order valence-corrected chi connectivity index (χ4v) is 7.13. The summed E-state index contributed by atoms with van der Waals surface area (Å²) in [5.41, 5.74) is 5.81. The van der Waals surface area contributed by atoms with Crippen LogP contribution in [0.1, 0.15) is 66.8 Å². The Hall–Kier alpha value is -5.55. The van der Waals surface area contributed by atoms with Gasteiger partial charge in [0.2, 0.25) is 0 Å². The van der Waals surface area contributed by atoms with Crippen molar-refractivity contribution in [2.75, 3.05) is 48.0 Å². The number of ketones is 1. The largest absolute Gasteiger partial charge is 0.452 e. The molecule has 8 rings (SSSR count). The molecule has 1 spiro atoms. The highest BCUT2D eigenvalue weighted by atomic mass is 16.5. The van der Waals surface area contributed by atoms with Gasteiger partial charge >= 0.3 is 0 Å². The summed E-state index contributed by atoms with van der Waals surface area (Å²) >= 11 is 0. The first-order valence-electron chi connectivity index (χ1n) is 16.6. The lowest BCUT2D eigenvalue weighted by molar-refractivity contribution is -0.000511. The molecule has 11 nitrogen and oxygen atoms in total. The van der Waals surface area contributed by atoms with Crippen LogP contribution in [-0.2, 0) is 11.2 Å². The van der Waals surface area contributed by atoms with E-state index in [0.29, 0.717) is 47.0 Å². The lowest BCUT2D eigenvalue weighted by atomic mass is 9.73. The molecule has 0 bridgehead atoms. The van der Waals surface area contributed by atoms with Gasteiger partial charge in [0.1, 0.15) is 11.6 Å². The first kappa shape index (κ1) is 30.8. The zero-order valence-electron chi connectivity index (χ0n) is 27.4. The molecule has 2 aromatic carbocycles. The number of hydrogen-bond acceptors (Lipinski definition) is 8. The second-order valence-electron chi connectivity index (χ2n) is 13.3. The summed E-state index contributed by atoms with van der Waals surface area (Å²) in [7, 11) is 0. The van der Waals surface area contributed by atoms with Crippen molar-refractivity contribution in [1.29, 1.82) is 0 Å². The third kappa shape index (κ3) is 5.69. The van der Waals surface area contributed by atoms with E-state index in [1.165, 1.54) is 0 Å². The summed E-state index contributed by atoms with van der Waals surface area (Å²) in [6, 6.07) is 18.1. The Balaban J connectivity index is 0.987. The minimum Gasteiger partial charge on any atom is -0.452 e. The van der Waals surface area contributed by atoms with Crippen LogP contribution in [0.2, 0.25) is 0 Å². The summed E-state index contributed by atoms with van der Waals surface area (Å²) in [6.07, 6.45) is 5.96. The van der Waals surface area contributed by atoms with E-state index in [0.717, 1.165) is 61.5 Å². The van der Waals surface area contributed by atoms with Crippen LogP contribution in [0.25, 0.3) is 11.3 Å². The van der Waals surface area contributed by atoms with Gasteiger partial charge in [-0.15, -0.1) is 0 Å². The van der Waals surface area contributed by atoms with E-state index in [-0.39, 0.29) is 34.6 Å². The van der Waals surface area contributed by atoms with E-state index in [9.17, 15) is 14.4 Å². The van der Waals surface area contributed by atoms with Crippen molar-refractivity contribution in [3.05, 3.63) is 113 Å². The van der Waals surface area contributed by atoms with Gasteiger partial charge in [0.25, 0.3) is 17.6 Å². The van der Waals surface area contributed by atoms with Crippen LogP contribution in [0, 0.1) is 19.3 Å². The Morgan fingerprint density at radius 3 is 2.47 bits per heavy atom. The molecule has 248 valence electrons. The summed E-state index contributed by atoms with van der Waals surface area (Å²) in [6.45, 7) is 7.46. The maximum atomic E-state index is 14.0. The van der Waals surface area contributed by atoms with Gasteiger partial charge < -0.3 is 29.3 Å². The van der Waals surface area contributed by atoms with Crippen LogP contribution < -0.4 is 15.1 Å². The zero-order valence-corrected chi connectivity index (χ0v) is 27.4. The van der Waals surface area contributed by atoms with E-state index in [1.54, 1.807) is 47.6 Å². The van der Waals surface area contributed by atoms with E-state index in [2.05, 4.69) is 25.2 Å². The Kier molecular flexibility index (Phi) is 7.63. The molecule has 11 heteroatoms. The molecule has 3 aliphatic heterocycles. The number of aromatic amines is 1. The Morgan fingerprint density at radius 1 is 0.939 bits per heavy atom. The number of para-hydroxylation sites is 1. The molecule has 2 saturated heterocycles. The lowest BCUT2D eigenvalue weighted by Crippen LogP contribution is -2.59. The van der Waals surface area contributed by atoms with Gasteiger partial charge in [-0.05, 0) is 87.2 Å². The molecule has 0 atom stereocenters. The predicted octanol–water partition coefficient (Wildman–Crippen LogP) is 5.98. The van der Waals surface area contributed by atoms with Crippen molar-refractivity contribution in [3.8, 4) is 11.3 Å². The zero-order chi connectivity index (χ0) is 33.7. The summed E-state index contributed by atoms with van der Waals surface area (Å²) in [5, 5.41) is 3.01. The quantitative estimate of drug-likeness (QED) is 0.213. The Bertz CT molecular complexity index is 2080. The van der Waals surface area contributed by atoms with Crippen molar-refractivity contribution >= 4 is 34.8 Å². The normalized spacial score (nSPS) is 16.4. The molecule has 2 fully saturated rings. The van der Waals surface area contributed by atoms with Crippen LogP contribution in [0.5, 0.6) is 0 Å². The molecule has 6 heterocycles. The van der Waals surface area contributed by atoms with Crippen molar-refractivity contribution in [3.63, 3.8) is 0 Å². The van der Waals surface area contributed by atoms with Crippen molar-refractivity contribution < 1.29 is 23.5 Å². The highest BCUT2D eigenvalue weighted by Gasteiger charge is 2.45. The molecule has 2 N–H and O–H groups in total. The second kappa shape index (κ2) is 12.2. The number of benzene rings is 2. The molecule has 0 saturated carbocycles. The predicted molar refractivity (Wildman–Crippen MR) is 184 cm³/mol. The number of nitrogens with one attached hydrogen (secondary N) is 2. The molecular formula is C38H36N6O5. The lowest BCUT2D eigenvalue weighted by Gasteiger charge is -2.53. The topological polar surface area (TPSA) is 134 Å². The standard InChI is InChI=1S/C38H36N6O5/c1-23-17-29(35(40-19-23)43-21-38(22-43)12-15-48-16-13-38)36(46)42-27-9-7-25(8-10-27)37(47)44-14-11-26-18-31(32(45)34-39-20-24(2)41-34)49-33(26)28-5-3-4-6-30(28)44/h3-10,17-20H,11-16,21-22H2,1-2H3,(H,39,41)(H,42,46). The number of carbonyl (C=O) groups excluding carboxylic acids is 3. The number of H-pyrrole nitrogens is 1. The fourth-order valence-electron chi connectivity index (χ4n) is 7.13. The molecule has 0 aliphatic carbocycles. The smallest absolute Gasteiger partial charge is 0.263 e. The van der Waals surface area contributed by atoms with Crippen LogP contribution in [0.3, 0.4) is 0 Å². The van der Waals surface area contributed by atoms with Crippen molar-refractivity contribution in [2.24, 2.45) is 5.41 Å². The number of amides is 2. The van der Waals surface area contributed by atoms with Gasteiger partial charge in [0, 0.05) is 78.7 Å². The van der Waals surface area contributed by atoms with Gasteiger partial charge in [-0.3, -0.25) is 14.4 Å². The number of hydrogen-bond donors (Lipinski definition) is 2. The van der Waals surface area contributed by atoms with Gasteiger partial charge in [0.05, 0.1) is 11.3 Å². The van der Waals surface area contributed by atoms with E-state index < -0.39 is 0 Å². The molecule has 0 radical (unpaired) electrons. The highest BCUT2D eigenvalue weighted by molar-refractivity contribution is 6.10. The van der Waals surface area contributed by atoms with Crippen LogP contribution in [-0.4, -0.2) is 65.4 Å². The summed E-state index contributed by atoms with van der Waals surface area (Å²) in [5.74, 6) is 0.948. The Morgan fingerprint density at radius 2 is 1.71 bits per heavy atom. The molecule has 2 amide bonds. The number of carbonyl (C=O) groups is 3. The summed E-state index contributed by atoms with van der Waals surface area (Å²) < 4.78 is 11.7. The van der Waals surface area contributed by atoms with Crippen molar-refractivity contribution in [2.45, 2.75) is 33.1 Å². The van der Waals surface area contributed by atoms with Gasteiger partial charge in [-0.2, -0.15) is 0 Å². The van der Waals surface area contributed by atoms with Gasteiger partial charge in [0.15, 0.2) is 11.6 Å². The minimum atomic E-state index is -0.322. The SMILES string of the molecule is Cc1cnc(N2CC3(CCOCC3)C2)c(C(=O)Nc2ccc(C(=O)N3CCc4cc(C(=O)c5ncc(C)[nH]5)oc4-c4ccccc43)cc2)c1. The molecule has 3 aromatic heterocycles. The third-order valence-corrected chi connectivity index (χ3v) is 9.78. The third-order valence-electron chi connectivity index (χ3n) is 9.78. The molecule has 0 unspecified atom stereocenters. The summed E-state index contributed by atoms with van der Waals surface area (Å²) in [4.78, 5) is 56.3. The average molecular weight is 657 g/mol. The number of anilines is 3.